The standard InChI is InChI=1S/C41H25N3/c1-2-8-26(9-3-1)29-11-6-16-34(24-29)41-43-37-25-38(44-41)35-17-7-10-27-18-19-28-20-21-36(42-40(28)39(27)35)32-14-4-12-30(22-32)31-13-5-15-33(37)23-31/h1-25H. The molecule has 204 valence electrons. The summed E-state index contributed by atoms with van der Waals surface area (Å²) >= 11 is 0. The highest BCUT2D eigenvalue weighted by molar-refractivity contribution is 6.18. The van der Waals surface area contributed by atoms with E-state index in [-0.39, 0.29) is 0 Å². The highest BCUT2D eigenvalue weighted by Gasteiger charge is 2.11. The minimum absolute atomic E-state index is 0.695. The number of hydrogen-bond donors (Lipinski definition) is 0. The first kappa shape index (κ1) is 24.6. The Labute approximate surface area is 253 Å². The van der Waals surface area contributed by atoms with Crippen LogP contribution in [0.2, 0.25) is 0 Å². The Kier molecular flexibility index (Phi) is 5.50. The third-order valence-corrected chi connectivity index (χ3v) is 8.58. The summed E-state index contributed by atoms with van der Waals surface area (Å²) in [7, 11) is 0. The Bertz CT molecular complexity index is 2610. The van der Waals surface area contributed by atoms with Gasteiger partial charge in [-0.3, -0.25) is 0 Å². The lowest BCUT2D eigenvalue weighted by Gasteiger charge is -2.09. The Balaban J connectivity index is 1.48. The summed E-state index contributed by atoms with van der Waals surface area (Å²) in [6, 6.07) is 53.5. The number of aromatic nitrogens is 3. The molecule has 0 unspecified atom stereocenters. The van der Waals surface area contributed by atoms with Crippen molar-refractivity contribution in [3.8, 4) is 22.5 Å². The average molecular weight is 560 g/mol. The van der Waals surface area contributed by atoms with Crippen molar-refractivity contribution in [3.05, 3.63) is 152 Å². The molecular weight excluding hydrogens is 534 g/mol. The van der Waals surface area contributed by atoms with E-state index >= 15 is 0 Å². The van der Waals surface area contributed by atoms with Crippen LogP contribution < -0.4 is 0 Å². The molecule has 0 aliphatic carbocycles. The van der Waals surface area contributed by atoms with Crippen LogP contribution in [-0.4, -0.2) is 15.0 Å². The predicted octanol–water partition coefficient (Wildman–Crippen LogP) is 10.7. The van der Waals surface area contributed by atoms with E-state index in [2.05, 4.69) is 146 Å². The van der Waals surface area contributed by atoms with E-state index in [1.807, 2.05) is 6.07 Å². The maximum Gasteiger partial charge on any atom is 0.160 e. The van der Waals surface area contributed by atoms with Crippen molar-refractivity contribution in [1.29, 1.82) is 0 Å². The Morgan fingerprint density at radius 2 is 0.932 bits per heavy atom. The van der Waals surface area contributed by atoms with Crippen LogP contribution in [0.3, 0.4) is 0 Å². The fraction of sp³-hybridized carbons (Fsp3) is 0. The molecule has 0 saturated heterocycles. The molecule has 6 aromatic carbocycles. The summed E-state index contributed by atoms with van der Waals surface area (Å²) in [4.78, 5) is 15.7. The molecule has 3 heterocycles. The van der Waals surface area contributed by atoms with E-state index in [1.54, 1.807) is 0 Å². The number of pyridine rings is 1. The Hall–Kier alpha value is -5.93. The van der Waals surface area contributed by atoms with Crippen molar-refractivity contribution < 1.29 is 0 Å². The fourth-order valence-corrected chi connectivity index (χ4v) is 6.38. The highest BCUT2D eigenvalue weighted by Crippen LogP contribution is 2.33. The minimum Gasteiger partial charge on any atom is -0.247 e. The minimum atomic E-state index is 0.695. The van der Waals surface area contributed by atoms with Crippen LogP contribution >= 0.6 is 0 Å². The zero-order valence-corrected chi connectivity index (χ0v) is 23.8. The molecule has 3 heteroatoms. The first-order valence-corrected chi connectivity index (χ1v) is 14.9. The molecule has 9 rings (SSSR count). The quantitative estimate of drug-likeness (QED) is 0.198. The summed E-state index contributed by atoms with van der Waals surface area (Å²) in [5.74, 6) is 0.695. The van der Waals surface area contributed by atoms with Gasteiger partial charge in [0.1, 0.15) is 0 Å². The number of rotatable bonds is 2. The normalized spacial score (nSPS) is 11.6. The molecule has 0 spiro atoms. The fourth-order valence-electron chi connectivity index (χ4n) is 6.38. The lowest BCUT2D eigenvalue weighted by molar-refractivity contribution is 1.26. The average Bonchev–Trinajstić information content (AvgIpc) is 3.11. The first-order valence-electron chi connectivity index (χ1n) is 14.9. The molecule has 0 fully saturated rings. The van der Waals surface area contributed by atoms with E-state index < -0.39 is 0 Å². The third-order valence-electron chi connectivity index (χ3n) is 8.58. The second-order valence-electron chi connectivity index (χ2n) is 11.3. The maximum absolute atomic E-state index is 5.29. The highest BCUT2D eigenvalue weighted by atomic mass is 14.9. The van der Waals surface area contributed by atoms with Crippen LogP contribution in [0, 0.1) is 0 Å². The molecule has 0 aliphatic heterocycles. The molecule has 44 heavy (non-hydrogen) atoms. The predicted molar refractivity (Wildman–Crippen MR) is 185 cm³/mol. The Morgan fingerprint density at radius 1 is 0.318 bits per heavy atom. The summed E-state index contributed by atoms with van der Waals surface area (Å²) in [5.41, 5.74) is 6.97. The van der Waals surface area contributed by atoms with E-state index in [1.165, 1.54) is 0 Å². The molecule has 3 aromatic heterocycles. The second-order valence-corrected chi connectivity index (χ2v) is 11.3. The van der Waals surface area contributed by atoms with Crippen LogP contribution in [0.15, 0.2) is 152 Å². The van der Waals surface area contributed by atoms with Crippen molar-refractivity contribution in [2.45, 2.75) is 0 Å². The summed E-state index contributed by atoms with van der Waals surface area (Å²) in [6.07, 6.45) is 0. The lowest BCUT2D eigenvalue weighted by atomic mass is 10.0. The summed E-state index contributed by atoms with van der Waals surface area (Å²) in [5, 5.41) is 8.81. The van der Waals surface area contributed by atoms with Gasteiger partial charge in [-0.2, -0.15) is 0 Å². The van der Waals surface area contributed by atoms with Gasteiger partial charge in [0, 0.05) is 32.5 Å². The number of benzene rings is 6. The number of fused-ring (bicyclic) bond motifs is 11. The van der Waals surface area contributed by atoms with Crippen molar-refractivity contribution in [2.75, 3.05) is 0 Å². The molecule has 0 N–H and O–H groups in total. The number of hydrogen-bond acceptors (Lipinski definition) is 3. The van der Waals surface area contributed by atoms with Gasteiger partial charge < -0.3 is 0 Å². The van der Waals surface area contributed by atoms with Gasteiger partial charge in [0.25, 0.3) is 0 Å². The van der Waals surface area contributed by atoms with Crippen molar-refractivity contribution in [2.24, 2.45) is 0 Å². The van der Waals surface area contributed by atoms with Crippen LogP contribution in [0.25, 0.3) is 87.7 Å². The van der Waals surface area contributed by atoms with E-state index in [0.29, 0.717) is 5.82 Å². The largest absolute Gasteiger partial charge is 0.247 e. The van der Waals surface area contributed by atoms with Crippen molar-refractivity contribution in [3.63, 3.8) is 0 Å². The zero-order valence-electron chi connectivity index (χ0n) is 23.8. The van der Waals surface area contributed by atoms with Crippen LogP contribution in [-0.2, 0) is 0 Å². The van der Waals surface area contributed by atoms with E-state index in [4.69, 9.17) is 15.0 Å². The summed E-state index contributed by atoms with van der Waals surface area (Å²) < 4.78 is 0. The molecule has 0 saturated carbocycles. The van der Waals surface area contributed by atoms with Gasteiger partial charge in [-0.1, -0.05) is 121 Å². The molecule has 3 nitrogen and oxygen atoms in total. The monoisotopic (exact) mass is 559 g/mol. The van der Waals surface area contributed by atoms with Gasteiger partial charge in [0.05, 0.1) is 22.1 Å². The number of nitrogens with zero attached hydrogens (tertiary/aromatic N) is 3. The molecule has 8 bridgehead atoms. The van der Waals surface area contributed by atoms with Crippen LogP contribution in [0.1, 0.15) is 0 Å². The lowest BCUT2D eigenvalue weighted by Crippen LogP contribution is -1.92. The molecule has 0 radical (unpaired) electrons. The Morgan fingerprint density at radius 3 is 1.77 bits per heavy atom. The van der Waals surface area contributed by atoms with E-state index in [0.717, 1.165) is 81.8 Å². The molecule has 0 aliphatic rings. The second kappa shape index (κ2) is 9.82. The van der Waals surface area contributed by atoms with Gasteiger partial charge in [0.15, 0.2) is 5.82 Å². The first-order chi connectivity index (χ1) is 21.8. The molecule has 0 amide bonds. The molecular formula is C41H25N3. The maximum atomic E-state index is 5.29. The van der Waals surface area contributed by atoms with Gasteiger partial charge in [-0.05, 0) is 57.6 Å². The molecule has 0 atom stereocenters. The van der Waals surface area contributed by atoms with Crippen molar-refractivity contribution >= 4 is 65.2 Å². The van der Waals surface area contributed by atoms with Crippen LogP contribution in [0.5, 0.6) is 0 Å². The van der Waals surface area contributed by atoms with Crippen molar-refractivity contribution in [1.82, 2.24) is 15.0 Å². The zero-order chi connectivity index (χ0) is 29.0. The smallest absolute Gasteiger partial charge is 0.160 e. The third kappa shape index (κ3) is 4.10. The summed E-state index contributed by atoms with van der Waals surface area (Å²) in [6.45, 7) is 0. The topological polar surface area (TPSA) is 38.7 Å². The van der Waals surface area contributed by atoms with E-state index in [9.17, 15) is 0 Å². The van der Waals surface area contributed by atoms with Gasteiger partial charge >= 0.3 is 0 Å². The SMILES string of the molecule is c1ccc(-c2cccc(-c3nc4cc(n3)c3cccc5ccc6ccc(nc6c53)c3cccc(c3)c3cccc4c3)c2)cc1. The van der Waals surface area contributed by atoms with Gasteiger partial charge in [0.2, 0.25) is 0 Å². The van der Waals surface area contributed by atoms with Crippen LogP contribution in [0.4, 0.5) is 0 Å². The molecule has 9 aromatic rings. The van der Waals surface area contributed by atoms with Gasteiger partial charge in [-0.25, -0.2) is 15.0 Å². The van der Waals surface area contributed by atoms with Gasteiger partial charge in [-0.15, -0.1) is 0 Å².